The molecule has 7 heteroatoms. The minimum Gasteiger partial charge on any atom is -0.468 e. The number of hydrogen-bond acceptors (Lipinski definition) is 5. The largest absolute Gasteiger partial charge is 0.468 e. The highest BCUT2D eigenvalue weighted by molar-refractivity contribution is 9.10. The van der Waals surface area contributed by atoms with Gasteiger partial charge in [-0.05, 0) is 6.42 Å². The Morgan fingerprint density at radius 2 is 2.38 bits per heavy atom. The Labute approximate surface area is 101 Å². The number of ether oxygens (including phenoxy) is 1. The first-order chi connectivity index (χ1) is 7.54. The number of carbonyl (C=O) groups is 3. The van der Waals surface area contributed by atoms with E-state index in [1.165, 1.54) is 7.11 Å². The number of methoxy groups -OCH3 is 1. The number of nitrogens with one attached hydrogen (secondary N) is 2. The topological polar surface area (TPSA) is 84.5 Å². The maximum absolute atomic E-state index is 11.3. The van der Waals surface area contributed by atoms with Gasteiger partial charge in [0.05, 0.1) is 13.2 Å². The van der Waals surface area contributed by atoms with Crippen molar-refractivity contribution >= 4 is 33.7 Å². The second-order valence-corrected chi connectivity index (χ2v) is 4.51. The number of piperidine rings is 1. The lowest BCUT2D eigenvalue weighted by Crippen LogP contribution is -2.52. The summed E-state index contributed by atoms with van der Waals surface area (Å²) in [5, 5.41) is 5.12. The Hall–Kier alpha value is -0.950. The molecule has 6 nitrogen and oxygen atoms in total. The van der Waals surface area contributed by atoms with Crippen LogP contribution in [0.4, 0.5) is 0 Å². The van der Waals surface area contributed by atoms with Crippen molar-refractivity contribution in [2.75, 3.05) is 13.7 Å². The van der Waals surface area contributed by atoms with Gasteiger partial charge in [-0.3, -0.25) is 19.7 Å². The van der Waals surface area contributed by atoms with E-state index in [9.17, 15) is 14.4 Å². The fraction of sp³-hybridized carbons (Fsp3) is 0.667. The number of esters is 1. The van der Waals surface area contributed by atoms with Crippen molar-refractivity contribution in [1.29, 1.82) is 0 Å². The van der Waals surface area contributed by atoms with Gasteiger partial charge in [-0.15, -0.1) is 0 Å². The molecule has 1 saturated heterocycles. The Balaban J connectivity index is 2.35. The second-order valence-electron chi connectivity index (χ2n) is 3.40. The van der Waals surface area contributed by atoms with Crippen LogP contribution < -0.4 is 10.6 Å². The molecule has 90 valence electrons. The van der Waals surface area contributed by atoms with E-state index in [2.05, 4.69) is 31.3 Å². The Morgan fingerprint density at radius 1 is 1.69 bits per heavy atom. The van der Waals surface area contributed by atoms with Crippen molar-refractivity contribution in [3.63, 3.8) is 0 Å². The van der Waals surface area contributed by atoms with Crippen LogP contribution in [0.5, 0.6) is 0 Å². The van der Waals surface area contributed by atoms with Gasteiger partial charge in [0.1, 0.15) is 4.83 Å². The lowest BCUT2D eigenvalue weighted by atomic mass is 10.1. The number of halogens is 1. The van der Waals surface area contributed by atoms with E-state index < -0.39 is 16.8 Å². The fourth-order valence-electron chi connectivity index (χ4n) is 1.35. The maximum Gasteiger partial charge on any atom is 0.320 e. The Kier molecular flexibility index (Phi) is 4.88. The number of carbonyl (C=O) groups excluding carboxylic acids is 3. The molecule has 0 aromatic carbocycles. The zero-order valence-electron chi connectivity index (χ0n) is 8.79. The number of imide groups is 1. The summed E-state index contributed by atoms with van der Waals surface area (Å²) in [4.78, 5) is 32.8. The molecule has 2 unspecified atom stereocenters. The Bertz CT molecular complexity index is 308. The van der Waals surface area contributed by atoms with E-state index in [1.807, 2.05) is 0 Å². The summed E-state index contributed by atoms with van der Waals surface area (Å²) in [7, 11) is 1.29. The summed E-state index contributed by atoms with van der Waals surface area (Å²) in [5.41, 5.74) is 0. The van der Waals surface area contributed by atoms with Gasteiger partial charge in [0.2, 0.25) is 11.8 Å². The highest BCUT2D eigenvalue weighted by Crippen LogP contribution is 2.06. The van der Waals surface area contributed by atoms with Gasteiger partial charge in [0, 0.05) is 13.0 Å². The normalized spacial score (nSPS) is 22.5. The molecule has 1 aliphatic heterocycles. The first kappa shape index (κ1) is 13.1. The van der Waals surface area contributed by atoms with E-state index in [0.717, 1.165) is 0 Å². The molecule has 1 rings (SSSR count). The minimum atomic E-state index is -0.497. The quantitative estimate of drug-likeness (QED) is 0.407. The van der Waals surface area contributed by atoms with E-state index >= 15 is 0 Å². The first-order valence-corrected chi connectivity index (χ1v) is 5.75. The summed E-state index contributed by atoms with van der Waals surface area (Å²) in [5.74, 6) is -1.01. The number of alkyl halides is 1. The molecule has 1 aliphatic rings. The Morgan fingerprint density at radius 3 is 2.94 bits per heavy atom. The van der Waals surface area contributed by atoms with Crippen molar-refractivity contribution in [3.05, 3.63) is 0 Å². The molecule has 0 aromatic rings. The molecule has 0 aromatic heterocycles. The van der Waals surface area contributed by atoms with Crippen molar-refractivity contribution in [1.82, 2.24) is 10.6 Å². The molecule has 2 atom stereocenters. The summed E-state index contributed by atoms with van der Waals surface area (Å²) < 4.78 is 4.52. The second kappa shape index (κ2) is 5.95. The van der Waals surface area contributed by atoms with Crippen molar-refractivity contribution < 1.29 is 19.1 Å². The molecule has 0 bridgehead atoms. The monoisotopic (exact) mass is 292 g/mol. The van der Waals surface area contributed by atoms with Gasteiger partial charge in [-0.1, -0.05) is 15.9 Å². The van der Waals surface area contributed by atoms with Crippen molar-refractivity contribution in [2.24, 2.45) is 0 Å². The molecule has 0 saturated carbocycles. The van der Waals surface area contributed by atoms with Crippen LogP contribution in [0.3, 0.4) is 0 Å². The smallest absolute Gasteiger partial charge is 0.320 e. The third kappa shape index (κ3) is 3.57. The lowest BCUT2D eigenvalue weighted by molar-refractivity contribution is -0.140. The zero-order chi connectivity index (χ0) is 12.1. The number of rotatable bonds is 4. The van der Waals surface area contributed by atoms with E-state index in [-0.39, 0.29) is 18.4 Å². The van der Waals surface area contributed by atoms with Crippen molar-refractivity contribution in [2.45, 2.75) is 23.7 Å². The molecule has 1 fully saturated rings. The molecular formula is C9H13BrN2O4. The molecule has 0 aliphatic carbocycles. The summed E-state index contributed by atoms with van der Waals surface area (Å²) in [6.45, 7) is 0.277. The number of hydrogen-bond donors (Lipinski definition) is 2. The van der Waals surface area contributed by atoms with Crippen LogP contribution in [0, 0.1) is 0 Å². The van der Waals surface area contributed by atoms with Crippen LogP contribution in [0.15, 0.2) is 0 Å². The first-order valence-electron chi connectivity index (χ1n) is 4.83. The lowest BCUT2D eigenvalue weighted by Gasteiger charge is -2.22. The molecule has 2 N–H and O–H groups in total. The average Bonchev–Trinajstić information content (AvgIpc) is 2.26. The van der Waals surface area contributed by atoms with Crippen molar-refractivity contribution in [3.8, 4) is 0 Å². The minimum absolute atomic E-state index is 0.258. The highest BCUT2D eigenvalue weighted by atomic mass is 79.9. The van der Waals surface area contributed by atoms with Crippen LogP contribution in [0.1, 0.15) is 12.8 Å². The zero-order valence-corrected chi connectivity index (χ0v) is 10.4. The molecular weight excluding hydrogens is 280 g/mol. The van der Waals surface area contributed by atoms with Crippen LogP contribution in [-0.2, 0) is 19.1 Å². The van der Waals surface area contributed by atoms with Gasteiger partial charge in [0.15, 0.2) is 0 Å². The van der Waals surface area contributed by atoms with E-state index in [1.54, 1.807) is 0 Å². The van der Waals surface area contributed by atoms with Gasteiger partial charge in [0.25, 0.3) is 0 Å². The molecule has 2 amide bonds. The van der Waals surface area contributed by atoms with E-state index in [0.29, 0.717) is 12.8 Å². The third-order valence-electron chi connectivity index (χ3n) is 2.24. The molecule has 0 spiro atoms. The van der Waals surface area contributed by atoms with E-state index in [4.69, 9.17) is 0 Å². The average molecular weight is 293 g/mol. The fourth-order valence-corrected chi connectivity index (χ4v) is 1.72. The van der Waals surface area contributed by atoms with Gasteiger partial charge in [-0.25, -0.2) is 0 Å². The van der Waals surface area contributed by atoms with Crippen LogP contribution in [-0.4, -0.2) is 42.3 Å². The summed E-state index contributed by atoms with van der Waals surface area (Å²) in [6, 6.07) is -0.428. The molecule has 0 radical (unpaired) electrons. The predicted molar refractivity (Wildman–Crippen MR) is 58.9 cm³/mol. The summed E-state index contributed by atoms with van der Waals surface area (Å²) >= 11 is 3.13. The third-order valence-corrected chi connectivity index (χ3v) is 2.94. The van der Waals surface area contributed by atoms with Gasteiger partial charge < -0.3 is 10.1 Å². The predicted octanol–water partition coefficient (Wildman–Crippen LogP) is -0.682. The van der Waals surface area contributed by atoms with Gasteiger partial charge >= 0.3 is 5.97 Å². The molecule has 16 heavy (non-hydrogen) atoms. The summed E-state index contributed by atoms with van der Waals surface area (Å²) in [6.07, 6.45) is 0.764. The van der Waals surface area contributed by atoms with Gasteiger partial charge in [-0.2, -0.15) is 0 Å². The standard InChI is InChI=1S/C9H13BrN2O4/c1-16-9(15)5(10)4-11-6-2-3-7(13)12-8(6)14/h5-6,11H,2-4H2,1H3,(H,12,13,14). The van der Waals surface area contributed by atoms with Crippen LogP contribution in [0.2, 0.25) is 0 Å². The molecule has 1 heterocycles. The van der Waals surface area contributed by atoms with Crippen LogP contribution in [0.25, 0.3) is 0 Å². The highest BCUT2D eigenvalue weighted by Gasteiger charge is 2.27. The SMILES string of the molecule is COC(=O)C(Br)CNC1CCC(=O)NC1=O. The number of amides is 2. The maximum atomic E-state index is 11.3. The van der Waals surface area contributed by atoms with Crippen LogP contribution >= 0.6 is 15.9 Å².